The van der Waals surface area contributed by atoms with E-state index in [0.717, 1.165) is 55.6 Å². The summed E-state index contributed by atoms with van der Waals surface area (Å²) in [6.07, 6.45) is 3.71. The van der Waals surface area contributed by atoms with Crippen molar-refractivity contribution in [2.75, 3.05) is 0 Å². The minimum atomic E-state index is 0.854. The Kier molecular flexibility index (Phi) is 3.35. The number of furan rings is 1. The molecule has 29 heavy (non-hydrogen) atoms. The number of para-hydroxylation sites is 3. The second-order valence-corrected chi connectivity index (χ2v) is 7.21. The number of aromatic nitrogens is 3. The number of aryl methyl sites for hydroxylation is 1. The van der Waals surface area contributed by atoms with E-state index >= 15 is 0 Å². The number of fused-ring (bicyclic) bond motifs is 4. The van der Waals surface area contributed by atoms with Crippen molar-refractivity contribution in [1.82, 2.24) is 14.5 Å². The van der Waals surface area contributed by atoms with Crippen LogP contribution in [-0.2, 0) is 0 Å². The van der Waals surface area contributed by atoms with Gasteiger partial charge in [-0.25, -0.2) is 4.98 Å². The fraction of sp³-hybridized carbons (Fsp3) is 0.0400. The molecule has 0 aliphatic rings. The first kappa shape index (κ1) is 16.1. The Morgan fingerprint density at radius 1 is 0.793 bits per heavy atom. The molecule has 0 fully saturated rings. The van der Waals surface area contributed by atoms with Crippen molar-refractivity contribution in [3.63, 3.8) is 0 Å². The van der Waals surface area contributed by atoms with E-state index in [2.05, 4.69) is 52.9 Å². The molecule has 0 N–H and O–H groups in total. The van der Waals surface area contributed by atoms with Crippen LogP contribution in [0.2, 0.25) is 0 Å². The summed E-state index contributed by atoms with van der Waals surface area (Å²) in [5.74, 6) is 0.854. The summed E-state index contributed by atoms with van der Waals surface area (Å²) in [6.45, 7) is 2.07. The van der Waals surface area contributed by atoms with Crippen LogP contribution in [0.15, 0.2) is 89.6 Å². The van der Waals surface area contributed by atoms with E-state index in [4.69, 9.17) is 9.40 Å². The molecule has 3 heterocycles. The molecule has 6 aromatic rings. The van der Waals surface area contributed by atoms with Gasteiger partial charge in [-0.3, -0.25) is 9.55 Å². The Morgan fingerprint density at radius 3 is 2.48 bits per heavy atom. The van der Waals surface area contributed by atoms with Gasteiger partial charge in [-0.15, -0.1) is 0 Å². The van der Waals surface area contributed by atoms with Crippen LogP contribution in [-0.4, -0.2) is 14.5 Å². The number of rotatable bonds is 2. The van der Waals surface area contributed by atoms with Crippen molar-refractivity contribution in [2.24, 2.45) is 0 Å². The Bertz CT molecular complexity index is 1510. The van der Waals surface area contributed by atoms with Crippen LogP contribution in [0, 0.1) is 6.92 Å². The molecule has 0 bridgehead atoms. The molecule has 0 saturated heterocycles. The fourth-order valence-electron chi connectivity index (χ4n) is 4.12. The SMILES string of the molecule is Cc1cncc2nc(-c3cccc4c3oc3ccccc34)n(-c3ccccc3)c12. The van der Waals surface area contributed by atoms with Gasteiger partial charge >= 0.3 is 0 Å². The highest BCUT2D eigenvalue weighted by Crippen LogP contribution is 2.37. The summed E-state index contributed by atoms with van der Waals surface area (Å²) in [5.41, 5.74) is 6.79. The predicted molar refractivity (Wildman–Crippen MR) is 116 cm³/mol. The highest BCUT2D eigenvalue weighted by atomic mass is 16.3. The smallest absolute Gasteiger partial charge is 0.149 e. The maximum atomic E-state index is 6.29. The zero-order chi connectivity index (χ0) is 19.4. The zero-order valence-electron chi connectivity index (χ0n) is 15.8. The van der Waals surface area contributed by atoms with Crippen molar-refractivity contribution < 1.29 is 4.42 Å². The van der Waals surface area contributed by atoms with E-state index in [-0.39, 0.29) is 0 Å². The summed E-state index contributed by atoms with van der Waals surface area (Å²) in [5, 5.41) is 2.21. The Labute approximate surface area is 167 Å². The molecular weight excluding hydrogens is 358 g/mol. The highest BCUT2D eigenvalue weighted by molar-refractivity contribution is 6.09. The molecule has 0 aliphatic carbocycles. The molecule has 4 nitrogen and oxygen atoms in total. The molecule has 0 spiro atoms. The first-order valence-corrected chi connectivity index (χ1v) is 9.60. The standard InChI is InChI=1S/C25H17N3O/c1-16-14-26-15-21-23(16)28(17-8-3-2-4-9-17)25(27-21)20-12-7-11-19-18-10-5-6-13-22(18)29-24(19)20/h2-15H,1H3. The van der Waals surface area contributed by atoms with Crippen LogP contribution in [0.5, 0.6) is 0 Å². The highest BCUT2D eigenvalue weighted by Gasteiger charge is 2.20. The topological polar surface area (TPSA) is 43.9 Å². The summed E-state index contributed by atoms with van der Waals surface area (Å²) >= 11 is 0. The van der Waals surface area contributed by atoms with Gasteiger partial charge in [0, 0.05) is 22.7 Å². The lowest BCUT2D eigenvalue weighted by Gasteiger charge is -2.11. The summed E-state index contributed by atoms with van der Waals surface area (Å²) in [7, 11) is 0. The van der Waals surface area contributed by atoms with Gasteiger partial charge < -0.3 is 4.42 Å². The molecule has 3 aromatic heterocycles. The Balaban J connectivity index is 1.76. The molecule has 4 heteroatoms. The number of hydrogen-bond donors (Lipinski definition) is 0. The zero-order valence-corrected chi connectivity index (χ0v) is 15.8. The monoisotopic (exact) mass is 375 g/mol. The van der Waals surface area contributed by atoms with Gasteiger partial charge in [-0.05, 0) is 36.8 Å². The number of hydrogen-bond acceptors (Lipinski definition) is 3. The molecular formula is C25H17N3O. The lowest BCUT2D eigenvalue weighted by molar-refractivity contribution is 0.669. The van der Waals surface area contributed by atoms with Crippen molar-refractivity contribution in [2.45, 2.75) is 6.92 Å². The van der Waals surface area contributed by atoms with Crippen molar-refractivity contribution >= 4 is 33.0 Å². The van der Waals surface area contributed by atoms with Crippen LogP contribution >= 0.6 is 0 Å². The molecule has 0 aliphatic heterocycles. The third kappa shape index (κ3) is 2.32. The second-order valence-electron chi connectivity index (χ2n) is 7.21. The lowest BCUT2D eigenvalue weighted by Crippen LogP contribution is -1.98. The quantitative estimate of drug-likeness (QED) is 0.357. The molecule has 0 amide bonds. The molecule has 0 saturated carbocycles. The van der Waals surface area contributed by atoms with Crippen LogP contribution in [0.4, 0.5) is 0 Å². The molecule has 3 aromatic carbocycles. The van der Waals surface area contributed by atoms with Crippen molar-refractivity contribution in [3.05, 3.63) is 90.8 Å². The first-order valence-electron chi connectivity index (χ1n) is 9.60. The van der Waals surface area contributed by atoms with E-state index in [9.17, 15) is 0 Å². The maximum absolute atomic E-state index is 6.29. The van der Waals surface area contributed by atoms with Gasteiger partial charge in [-0.2, -0.15) is 0 Å². The van der Waals surface area contributed by atoms with Crippen LogP contribution in [0.25, 0.3) is 50.0 Å². The molecule has 0 unspecified atom stereocenters. The molecule has 6 rings (SSSR count). The maximum Gasteiger partial charge on any atom is 0.149 e. The Morgan fingerprint density at radius 2 is 1.59 bits per heavy atom. The van der Waals surface area contributed by atoms with Gasteiger partial charge in [0.15, 0.2) is 0 Å². The van der Waals surface area contributed by atoms with E-state index in [1.807, 2.05) is 48.8 Å². The first-order chi connectivity index (χ1) is 14.3. The van der Waals surface area contributed by atoms with Crippen LogP contribution < -0.4 is 0 Å². The third-order valence-corrected chi connectivity index (χ3v) is 5.40. The molecule has 0 atom stereocenters. The van der Waals surface area contributed by atoms with Gasteiger partial charge in [-0.1, -0.05) is 48.5 Å². The number of pyridine rings is 1. The van der Waals surface area contributed by atoms with Gasteiger partial charge in [0.2, 0.25) is 0 Å². The lowest BCUT2D eigenvalue weighted by atomic mass is 10.1. The van der Waals surface area contributed by atoms with E-state index < -0.39 is 0 Å². The third-order valence-electron chi connectivity index (χ3n) is 5.40. The number of imidazole rings is 1. The number of benzene rings is 3. The Hall–Kier alpha value is -3.92. The minimum Gasteiger partial charge on any atom is -0.455 e. The van der Waals surface area contributed by atoms with Crippen LogP contribution in [0.3, 0.4) is 0 Å². The minimum absolute atomic E-state index is 0.854. The van der Waals surface area contributed by atoms with E-state index in [0.29, 0.717) is 0 Å². The predicted octanol–water partition coefficient (Wildman–Crippen LogP) is 6.30. The van der Waals surface area contributed by atoms with Crippen molar-refractivity contribution in [3.8, 4) is 17.1 Å². The van der Waals surface area contributed by atoms with Crippen LogP contribution in [0.1, 0.15) is 5.56 Å². The van der Waals surface area contributed by atoms with Gasteiger partial charge in [0.25, 0.3) is 0 Å². The van der Waals surface area contributed by atoms with E-state index in [1.54, 1.807) is 0 Å². The van der Waals surface area contributed by atoms with Gasteiger partial charge in [0.1, 0.15) is 22.5 Å². The van der Waals surface area contributed by atoms with Gasteiger partial charge in [0.05, 0.1) is 17.3 Å². The summed E-state index contributed by atoms with van der Waals surface area (Å²) in [4.78, 5) is 9.33. The second kappa shape index (κ2) is 6.04. The fourth-order valence-corrected chi connectivity index (χ4v) is 4.12. The molecule has 0 radical (unpaired) electrons. The summed E-state index contributed by atoms with van der Waals surface area (Å²) < 4.78 is 8.49. The normalized spacial score (nSPS) is 11.6. The van der Waals surface area contributed by atoms with Crippen molar-refractivity contribution in [1.29, 1.82) is 0 Å². The van der Waals surface area contributed by atoms with E-state index in [1.165, 1.54) is 0 Å². The molecule has 138 valence electrons. The summed E-state index contributed by atoms with van der Waals surface area (Å²) in [6, 6.07) is 24.7. The average molecular weight is 375 g/mol. The number of nitrogens with zero attached hydrogens (tertiary/aromatic N) is 3. The largest absolute Gasteiger partial charge is 0.455 e. The average Bonchev–Trinajstić information content (AvgIpc) is 3.34.